The molecule has 0 spiro atoms. The number of ether oxygens (including phenoxy) is 1. The first kappa shape index (κ1) is 13.1. The molecule has 0 aliphatic carbocycles. The van der Waals surface area contributed by atoms with E-state index in [1.165, 1.54) is 12.1 Å². The van der Waals surface area contributed by atoms with Crippen LogP contribution >= 0.6 is 0 Å². The summed E-state index contributed by atoms with van der Waals surface area (Å²) in [5.74, 6) is -1.79. The summed E-state index contributed by atoms with van der Waals surface area (Å²) in [4.78, 5) is 10.6. The summed E-state index contributed by atoms with van der Waals surface area (Å²) in [6, 6.07) is 3.58. The highest BCUT2D eigenvalue weighted by Gasteiger charge is 2.09. The molecule has 2 aromatic rings. The van der Waals surface area contributed by atoms with E-state index in [0.717, 1.165) is 11.6 Å². The number of halogens is 1. The second kappa shape index (κ2) is 5.51. The molecule has 0 saturated carbocycles. The van der Waals surface area contributed by atoms with Gasteiger partial charge in [-0.1, -0.05) is 0 Å². The van der Waals surface area contributed by atoms with Crippen molar-refractivity contribution in [3.05, 3.63) is 47.5 Å². The molecule has 1 N–H and O–H groups in total. The van der Waals surface area contributed by atoms with Gasteiger partial charge in [-0.3, -0.25) is 4.68 Å². The second-order valence-electron chi connectivity index (χ2n) is 4.07. The van der Waals surface area contributed by atoms with Crippen molar-refractivity contribution in [2.24, 2.45) is 7.05 Å². The van der Waals surface area contributed by atoms with Crippen LogP contribution in [0.25, 0.3) is 0 Å². The van der Waals surface area contributed by atoms with Crippen LogP contribution in [0.1, 0.15) is 15.9 Å². The highest BCUT2D eigenvalue weighted by molar-refractivity contribution is 5.87. The van der Waals surface area contributed by atoms with Crippen molar-refractivity contribution in [1.82, 2.24) is 9.78 Å². The topological polar surface area (TPSA) is 64.3 Å². The first-order chi connectivity index (χ1) is 9.06. The maximum atomic E-state index is 13.5. The quantitative estimate of drug-likeness (QED) is 0.895. The van der Waals surface area contributed by atoms with Gasteiger partial charge in [0.2, 0.25) is 0 Å². The second-order valence-corrected chi connectivity index (χ2v) is 4.07. The van der Waals surface area contributed by atoms with Crippen LogP contribution in [0.15, 0.2) is 30.6 Å². The average Bonchev–Trinajstić information content (AvgIpc) is 2.77. The van der Waals surface area contributed by atoms with E-state index >= 15 is 0 Å². The van der Waals surface area contributed by atoms with Crippen molar-refractivity contribution < 1.29 is 19.0 Å². The van der Waals surface area contributed by atoms with Crippen LogP contribution in [0.2, 0.25) is 0 Å². The lowest BCUT2D eigenvalue weighted by molar-refractivity contribution is 0.0696. The molecule has 100 valence electrons. The zero-order chi connectivity index (χ0) is 13.8. The average molecular weight is 264 g/mol. The van der Waals surface area contributed by atoms with E-state index < -0.39 is 11.8 Å². The van der Waals surface area contributed by atoms with Crippen LogP contribution in [0, 0.1) is 5.82 Å². The largest absolute Gasteiger partial charge is 0.490 e. The molecular weight excluding hydrogens is 251 g/mol. The fraction of sp³-hybridized carbons (Fsp3) is 0.231. The number of nitrogens with zero attached hydrogens (tertiary/aromatic N) is 2. The number of carbonyl (C=O) groups is 1. The third-order valence-electron chi connectivity index (χ3n) is 2.59. The van der Waals surface area contributed by atoms with Gasteiger partial charge in [-0.15, -0.1) is 0 Å². The predicted octanol–water partition coefficient (Wildman–Crippen LogP) is 1.88. The van der Waals surface area contributed by atoms with E-state index in [9.17, 15) is 9.18 Å². The van der Waals surface area contributed by atoms with Gasteiger partial charge in [0, 0.05) is 19.7 Å². The van der Waals surface area contributed by atoms with Crippen molar-refractivity contribution >= 4 is 5.97 Å². The molecule has 0 aliphatic heterocycles. The van der Waals surface area contributed by atoms with Gasteiger partial charge in [-0.2, -0.15) is 5.10 Å². The summed E-state index contributed by atoms with van der Waals surface area (Å²) in [6.07, 6.45) is 4.18. The van der Waals surface area contributed by atoms with Crippen molar-refractivity contribution in [3.63, 3.8) is 0 Å². The number of carboxylic acid groups (broad SMARTS) is 1. The van der Waals surface area contributed by atoms with E-state index in [4.69, 9.17) is 9.84 Å². The SMILES string of the molecule is Cn1cc(CCOc2ccc(C(=O)O)cc2F)cn1. The molecular formula is C13H13FN2O3. The minimum absolute atomic E-state index is 0.0499. The molecule has 0 aliphatic rings. The van der Waals surface area contributed by atoms with Gasteiger partial charge in [0.15, 0.2) is 11.6 Å². The molecule has 0 fully saturated rings. The van der Waals surface area contributed by atoms with Gasteiger partial charge in [-0.25, -0.2) is 9.18 Å². The van der Waals surface area contributed by atoms with Gasteiger partial charge in [0.1, 0.15) is 0 Å². The Morgan fingerprint density at radius 1 is 1.53 bits per heavy atom. The van der Waals surface area contributed by atoms with Crippen LogP contribution in [-0.4, -0.2) is 27.5 Å². The molecule has 6 heteroatoms. The Hall–Kier alpha value is -2.37. The Bertz CT molecular complexity index is 595. The van der Waals surface area contributed by atoms with E-state index in [2.05, 4.69) is 5.10 Å². The maximum Gasteiger partial charge on any atom is 0.335 e. The Kier molecular flexibility index (Phi) is 3.79. The maximum absolute atomic E-state index is 13.5. The van der Waals surface area contributed by atoms with Gasteiger partial charge in [0.25, 0.3) is 0 Å². The van der Waals surface area contributed by atoms with Gasteiger partial charge in [0.05, 0.1) is 18.4 Å². The van der Waals surface area contributed by atoms with Crippen LogP contribution < -0.4 is 4.74 Å². The first-order valence-corrected chi connectivity index (χ1v) is 5.69. The minimum Gasteiger partial charge on any atom is -0.490 e. The zero-order valence-corrected chi connectivity index (χ0v) is 10.3. The van der Waals surface area contributed by atoms with Crippen LogP contribution in [0.4, 0.5) is 4.39 Å². The summed E-state index contributed by atoms with van der Waals surface area (Å²) in [5, 5.41) is 12.7. The predicted molar refractivity (Wildman–Crippen MR) is 65.8 cm³/mol. The Labute approximate surface area is 109 Å². The lowest BCUT2D eigenvalue weighted by Crippen LogP contribution is -2.04. The summed E-state index contributed by atoms with van der Waals surface area (Å²) >= 11 is 0. The first-order valence-electron chi connectivity index (χ1n) is 5.69. The number of aromatic nitrogens is 2. The molecule has 0 amide bonds. The highest BCUT2D eigenvalue weighted by atomic mass is 19.1. The van der Waals surface area contributed by atoms with E-state index in [1.807, 2.05) is 13.2 Å². The summed E-state index contributed by atoms with van der Waals surface area (Å²) in [5.41, 5.74) is 0.891. The number of benzene rings is 1. The van der Waals surface area contributed by atoms with Crippen LogP contribution in [0.5, 0.6) is 5.75 Å². The zero-order valence-electron chi connectivity index (χ0n) is 10.3. The molecule has 0 unspecified atom stereocenters. The van der Waals surface area contributed by atoms with Crippen molar-refractivity contribution in [2.45, 2.75) is 6.42 Å². The lowest BCUT2D eigenvalue weighted by atomic mass is 10.2. The normalized spacial score (nSPS) is 10.4. The smallest absolute Gasteiger partial charge is 0.335 e. The Balaban J connectivity index is 1.94. The Morgan fingerprint density at radius 3 is 2.89 bits per heavy atom. The highest BCUT2D eigenvalue weighted by Crippen LogP contribution is 2.18. The third-order valence-corrected chi connectivity index (χ3v) is 2.59. The van der Waals surface area contributed by atoms with Gasteiger partial charge < -0.3 is 9.84 Å². The molecule has 5 nitrogen and oxygen atoms in total. The third kappa shape index (κ3) is 3.31. The monoisotopic (exact) mass is 264 g/mol. The standard InChI is InChI=1S/C13H13FN2O3/c1-16-8-9(7-15-16)4-5-19-12-3-2-10(13(17)18)6-11(12)14/h2-3,6-8H,4-5H2,1H3,(H,17,18). The lowest BCUT2D eigenvalue weighted by Gasteiger charge is -2.06. The molecule has 19 heavy (non-hydrogen) atoms. The molecule has 1 aromatic carbocycles. The fourth-order valence-corrected chi connectivity index (χ4v) is 1.63. The number of rotatable bonds is 5. The summed E-state index contributed by atoms with van der Waals surface area (Å²) < 4.78 is 20.5. The number of carboxylic acids is 1. The number of hydrogen-bond donors (Lipinski definition) is 1. The van der Waals surface area contributed by atoms with Crippen molar-refractivity contribution in [2.75, 3.05) is 6.61 Å². The van der Waals surface area contributed by atoms with Gasteiger partial charge in [-0.05, 0) is 23.8 Å². The van der Waals surface area contributed by atoms with Crippen molar-refractivity contribution in [1.29, 1.82) is 0 Å². The summed E-state index contributed by atoms with van der Waals surface area (Å²) in [6.45, 7) is 0.301. The van der Waals surface area contributed by atoms with E-state index in [0.29, 0.717) is 13.0 Å². The molecule has 0 saturated heterocycles. The molecule has 1 aromatic heterocycles. The van der Waals surface area contributed by atoms with Crippen LogP contribution in [0.3, 0.4) is 0 Å². The minimum atomic E-state index is -1.17. The Morgan fingerprint density at radius 2 is 2.32 bits per heavy atom. The molecule has 0 radical (unpaired) electrons. The molecule has 2 rings (SSSR count). The van der Waals surface area contributed by atoms with E-state index in [-0.39, 0.29) is 11.3 Å². The van der Waals surface area contributed by atoms with E-state index in [1.54, 1.807) is 10.9 Å². The molecule has 1 heterocycles. The van der Waals surface area contributed by atoms with Crippen molar-refractivity contribution in [3.8, 4) is 5.75 Å². The summed E-state index contributed by atoms with van der Waals surface area (Å²) in [7, 11) is 1.81. The number of hydrogen-bond acceptors (Lipinski definition) is 3. The molecule has 0 bridgehead atoms. The number of aromatic carboxylic acids is 1. The number of aryl methyl sites for hydroxylation is 1. The fourth-order valence-electron chi connectivity index (χ4n) is 1.63. The van der Waals surface area contributed by atoms with Crippen LogP contribution in [-0.2, 0) is 13.5 Å². The van der Waals surface area contributed by atoms with Gasteiger partial charge >= 0.3 is 5.97 Å². The molecule has 0 atom stereocenters.